The molecule has 3 fully saturated rings. The van der Waals surface area contributed by atoms with Crippen LogP contribution < -0.4 is 10.6 Å². The number of thiophene rings is 1. The Morgan fingerprint density at radius 2 is 1.69 bits per heavy atom. The molecule has 3 saturated heterocycles. The molecule has 0 atom stereocenters. The van der Waals surface area contributed by atoms with Gasteiger partial charge < -0.3 is 20.3 Å². The minimum absolute atomic E-state index is 0.255. The third-order valence-electron chi connectivity index (χ3n) is 7.49. The Bertz CT molecular complexity index is 1130. The Balaban J connectivity index is 1.23. The SMILES string of the molecule is Nc1ncc(-c2nc(N3CCOCC3)c3sc(CN4CCC(N5CCCCC5)CC4)cc3n2)cn1. The van der Waals surface area contributed by atoms with E-state index in [0.717, 1.165) is 60.5 Å². The van der Waals surface area contributed by atoms with Crippen LogP contribution in [0.25, 0.3) is 21.6 Å². The molecular formula is C25H34N8OS. The average Bonchev–Trinajstić information content (AvgIpc) is 3.32. The van der Waals surface area contributed by atoms with Crippen molar-refractivity contribution in [3.8, 4) is 11.4 Å². The minimum Gasteiger partial charge on any atom is -0.378 e. The molecule has 0 aliphatic carbocycles. The van der Waals surface area contributed by atoms with Gasteiger partial charge in [-0.15, -0.1) is 11.3 Å². The first-order chi connectivity index (χ1) is 17.2. The number of hydrogen-bond donors (Lipinski definition) is 1. The van der Waals surface area contributed by atoms with Crippen molar-refractivity contribution in [1.82, 2.24) is 29.7 Å². The van der Waals surface area contributed by atoms with E-state index < -0.39 is 0 Å². The zero-order valence-electron chi connectivity index (χ0n) is 20.2. The molecule has 0 unspecified atom stereocenters. The third kappa shape index (κ3) is 5.11. The van der Waals surface area contributed by atoms with E-state index in [1.807, 2.05) is 11.3 Å². The van der Waals surface area contributed by atoms with Gasteiger partial charge in [0.15, 0.2) is 11.6 Å². The fraction of sp³-hybridized carbons (Fsp3) is 0.600. The van der Waals surface area contributed by atoms with Crippen molar-refractivity contribution < 1.29 is 4.74 Å². The van der Waals surface area contributed by atoms with Crippen LogP contribution in [0.1, 0.15) is 37.0 Å². The molecule has 0 amide bonds. The summed E-state index contributed by atoms with van der Waals surface area (Å²) in [4.78, 5) is 27.2. The maximum atomic E-state index is 5.69. The Hall–Kier alpha value is -2.40. The standard InChI is InChI=1S/C25H34N8OS/c26-25-27-15-18(16-28-25)23-29-21-14-20(35-22(21)24(30-23)33-10-12-34-13-11-33)17-31-8-4-19(5-9-31)32-6-2-1-3-7-32/h14-16,19H,1-13,17H2,(H2,26,27,28). The number of rotatable bonds is 5. The molecule has 0 aromatic carbocycles. The van der Waals surface area contributed by atoms with E-state index in [4.69, 9.17) is 20.4 Å². The average molecular weight is 495 g/mol. The van der Waals surface area contributed by atoms with Gasteiger partial charge in [-0.1, -0.05) is 6.42 Å². The molecule has 9 nitrogen and oxygen atoms in total. The highest BCUT2D eigenvalue weighted by Crippen LogP contribution is 2.35. The second kappa shape index (κ2) is 10.3. The van der Waals surface area contributed by atoms with E-state index >= 15 is 0 Å². The fourth-order valence-corrected chi connectivity index (χ4v) is 6.72. The summed E-state index contributed by atoms with van der Waals surface area (Å²) in [6.07, 6.45) is 10.1. The quantitative estimate of drug-likeness (QED) is 0.574. The van der Waals surface area contributed by atoms with Gasteiger partial charge in [0.2, 0.25) is 5.95 Å². The maximum Gasteiger partial charge on any atom is 0.219 e. The number of morpholine rings is 1. The molecule has 3 aliphatic rings. The van der Waals surface area contributed by atoms with Gasteiger partial charge in [0, 0.05) is 56.0 Å². The number of anilines is 2. The molecule has 10 heteroatoms. The first-order valence-corrected chi connectivity index (χ1v) is 13.7. The highest BCUT2D eigenvalue weighted by atomic mass is 32.1. The van der Waals surface area contributed by atoms with E-state index in [9.17, 15) is 0 Å². The van der Waals surface area contributed by atoms with E-state index in [1.54, 1.807) is 12.4 Å². The topological polar surface area (TPSA) is 96.5 Å². The lowest BCUT2D eigenvalue weighted by molar-refractivity contribution is 0.0901. The number of nitrogens with zero attached hydrogens (tertiary/aromatic N) is 7. The Labute approximate surface area is 210 Å². The van der Waals surface area contributed by atoms with E-state index in [2.05, 4.69) is 30.7 Å². The Kier molecular flexibility index (Phi) is 6.78. The number of ether oxygens (including phenoxy) is 1. The minimum atomic E-state index is 0.255. The van der Waals surface area contributed by atoms with Crippen LogP contribution >= 0.6 is 11.3 Å². The van der Waals surface area contributed by atoms with Crippen LogP contribution in [0.3, 0.4) is 0 Å². The molecule has 186 valence electrons. The van der Waals surface area contributed by atoms with Crippen LogP contribution in [-0.2, 0) is 11.3 Å². The summed E-state index contributed by atoms with van der Waals surface area (Å²) in [6.45, 7) is 9.03. The molecule has 0 radical (unpaired) electrons. The van der Waals surface area contributed by atoms with Crippen LogP contribution in [-0.4, -0.2) is 88.3 Å². The number of fused-ring (bicyclic) bond motifs is 1. The summed E-state index contributed by atoms with van der Waals surface area (Å²) in [6, 6.07) is 3.03. The molecule has 3 aromatic rings. The first-order valence-electron chi connectivity index (χ1n) is 12.9. The zero-order valence-corrected chi connectivity index (χ0v) is 21.0. The molecular weight excluding hydrogens is 460 g/mol. The van der Waals surface area contributed by atoms with Crippen molar-refractivity contribution in [2.45, 2.75) is 44.7 Å². The first kappa shape index (κ1) is 23.0. The third-order valence-corrected chi connectivity index (χ3v) is 8.59. The number of aromatic nitrogens is 4. The predicted octanol–water partition coefficient (Wildman–Crippen LogP) is 3.02. The van der Waals surface area contributed by atoms with Crippen LogP contribution in [0.4, 0.5) is 11.8 Å². The molecule has 0 saturated carbocycles. The van der Waals surface area contributed by atoms with E-state index in [-0.39, 0.29) is 5.95 Å². The highest BCUT2D eigenvalue weighted by Gasteiger charge is 2.26. The molecule has 35 heavy (non-hydrogen) atoms. The van der Waals surface area contributed by atoms with Gasteiger partial charge in [-0.3, -0.25) is 4.90 Å². The number of nitrogens with two attached hydrogens (primary N) is 1. The zero-order chi connectivity index (χ0) is 23.6. The van der Waals surface area contributed by atoms with Crippen LogP contribution in [0, 0.1) is 0 Å². The van der Waals surface area contributed by atoms with E-state index in [0.29, 0.717) is 5.82 Å². The number of piperidine rings is 2. The Morgan fingerprint density at radius 3 is 2.43 bits per heavy atom. The van der Waals surface area contributed by atoms with Crippen molar-refractivity contribution >= 4 is 33.3 Å². The van der Waals surface area contributed by atoms with Gasteiger partial charge in [-0.25, -0.2) is 19.9 Å². The predicted molar refractivity (Wildman–Crippen MR) is 140 cm³/mol. The summed E-state index contributed by atoms with van der Waals surface area (Å²) < 4.78 is 6.75. The van der Waals surface area contributed by atoms with Crippen molar-refractivity contribution in [3.63, 3.8) is 0 Å². The lowest BCUT2D eigenvalue weighted by Crippen LogP contribution is -2.46. The molecule has 6 rings (SSSR count). The lowest BCUT2D eigenvalue weighted by atomic mass is 10.00. The maximum absolute atomic E-state index is 5.69. The summed E-state index contributed by atoms with van der Waals surface area (Å²) in [5, 5.41) is 0. The number of likely N-dealkylation sites (tertiary alicyclic amines) is 2. The molecule has 0 bridgehead atoms. The normalized spacial score (nSPS) is 21.1. The molecule has 2 N–H and O–H groups in total. The largest absolute Gasteiger partial charge is 0.378 e. The van der Waals surface area contributed by atoms with Crippen molar-refractivity contribution in [1.29, 1.82) is 0 Å². The second-order valence-electron chi connectivity index (χ2n) is 9.83. The Morgan fingerprint density at radius 1 is 0.943 bits per heavy atom. The van der Waals surface area contributed by atoms with Crippen LogP contribution in [0.2, 0.25) is 0 Å². The van der Waals surface area contributed by atoms with Gasteiger partial charge >= 0.3 is 0 Å². The van der Waals surface area contributed by atoms with Crippen molar-refractivity contribution in [2.24, 2.45) is 0 Å². The molecule has 6 heterocycles. The van der Waals surface area contributed by atoms with E-state index in [1.165, 1.54) is 63.2 Å². The summed E-state index contributed by atoms with van der Waals surface area (Å²) in [5.41, 5.74) is 7.47. The van der Waals surface area contributed by atoms with Gasteiger partial charge in [0.05, 0.1) is 29.0 Å². The summed E-state index contributed by atoms with van der Waals surface area (Å²) >= 11 is 1.84. The van der Waals surface area contributed by atoms with Gasteiger partial charge in [-0.2, -0.15) is 0 Å². The van der Waals surface area contributed by atoms with Gasteiger partial charge in [-0.05, 0) is 44.8 Å². The fourth-order valence-electron chi connectivity index (χ4n) is 5.56. The molecule has 3 aliphatic heterocycles. The summed E-state index contributed by atoms with van der Waals surface area (Å²) in [7, 11) is 0. The number of nitrogen functional groups attached to an aromatic ring is 1. The second-order valence-corrected chi connectivity index (χ2v) is 11.0. The smallest absolute Gasteiger partial charge is 0.219 e. The van der Waals surface area contributed by atoms with Gasteiger partial charge in [0.1, 0.15) is 0 Å². The summed E-state index contributed by atoms with van der Waals surface area (Å²) in [5.74, 6) is 1.89. The van der Waals surface area contributed by atoms with Gasteiger partial charge in [0.25, 0.3) is 0 Å². The monoisotopic (exact) mass is 494 g/mol. The lowest BCUT2D eigenvalue weighted by Gasteiger charge is -2.40. The van der Waals surface area contributed by atoms with Crippen molar-refractivity contribution in [2.75, 3.05) is 63.1 Å². The molecule has 3 aromatic heterocycles. The van der Waals surface area contributed by atoms with Crippen LogP contribution in [0.15, 0.2) is 18.5 Å². The number of hydrogen-bond acceptors (Lipinski definition) is 10. The molecule has 0 spiro atoms. The van der Waals surface area contributed by atoms with Crippen molar-refractivity contribution in [3.05, 3.63) is 23.3 Å². The van der Waals surface area contributed by atoms with Crippen LogP contribution in [0.5, 0.6) is 0 Å². The highest BCUT2D eigenvalue weighted by molar-refractivity contribution is 7.19.